The average Bonchev–Trinajstić information content (AvgIpc) is 3.21. The zero-order chi connectivity index (χ0) is 27.5. The van der Waals surface area contributed by atoms with Crippen LogP contribution in [-0.2, 0) is 19.1 Å². The summed E-state index contributed by atoms with van der Waals surface area (Å²) in [5.74, 6) is -2.22. The second kappa shape index (κ2) is 11.0. The molecule has 1 heterocycles. The Hall–Kier alpha value is -4.59. The van der Waals surface area contributed by atoms with Crippen LogP contribution in [0, 0.1) is 11.8 Å². The van der Waals surface area contributed by atoms with Crippen LogP contribution in [0.5, 0.6) is 0 Å². The fourth-order valence-corrected chi connectivity index (χ4v) is 5.44. The molecule has 39 heavy (non-hydrogen) atoms. The van der Waals surface area contributed by atoms with Crippen LogP contribution in [0.1, 0.15) is 58.4 Å². The number of nitrogens with zero attached hydrogens (tertiary/aromatic N) is 1. The number of fused-ring (bicyclic) bond motifs is 1. The Morgan fingerprint density at radius 1 is 0.846 bits per heavy atom. The summed E-state index contributed by atoms with van der Waals surface area (Å²) in [6, 6.07) is 22.6. The lowest BCUT2D eigenvalue weighted by molar-refractivity contribution is -0.122. The Morgan fingerprint density at radius 2 is 1.56 bits per heavy atom. The monoisotopic (exact) mass is 524 g/mol. The summed E-state index contributed by atoms with van der Waals surface area (Å²) in [5.41, 5.74) is 2.66. The zero-order valence-corrected chi connectivity index (χ0v) is 21.5. The van der Waals surface area contributed by atoms with Gasteiger partial charge in [-0.2, -0.15) is 0 Å². The average molecular weight is 525 g/mol. The number of esters is 1. The summed E-state index contributed by atoms with van der Waals surface area (Å²) < 4.78 is 5.11. The van der Waals surface area contributed by atoms with E-state index in [2.05, 4.69) is 17.4 Å². The van der Waals surface area contributed by atoms with Crippen LogP contribution in [0.4, 0.5) is 11.4 Å². The van der Waals surface area contributed by atoms with Gasteiger partial charge in [-0.25, -0.2) is 4.79 Å². The Balaban J connectivity index is 1.19. The molecule has 8 heteroatoms. The van der Waals surface area contributed by atoms with Crippen molar-refractivity contribution in [2.45, 2.75) is 32.1 Å². The van der Waals surface area contributed by atoms with Gasteiger partial charge in [0.05, 0.1) is 23.1 Å². The van der Waals surface area contributed by atoms with E-state index in [4.69, 9.17) is 4.74 Å². The molecule has 0 radical (unpaired) electrons. The number of carbonyl (C=O) groups is 5. The molecule has 3 aromatic carbocycles. The molecule has 1 aliphatic heterocycles. The minimum atomic E-state index is -0.715. The molecule has 3 aromatic rings. The molecule has 8 nitrogen and oxygen atoms in total. The number of amides is 3. The highest BCUT2D eigenvalue weighted by Crippen LogP contribution is 2.45. The van der Waals surface area contributed by atoms with Crippen LogP contribution < -0.4 is 10.2 Å². The van der Waals surface area contributed by atoms with Crippen molar-refractivity contribution < 1.29 is 28.7 Å². The van der Waals surface area contributed by atoms with Gasteiger partial charge in [-0.05, 0) is 74.1 Å². The predicted molar refractivity (Wildman–Crippen MR) is 144 cm³/mol. The molecule has 0 bridgehead atoms. The lowest BCUT2D eigenvalue weighted by Gasteiger charge is -2.28. The smallest absolute Gasteiger partial charge is 0.338 e. The summed E-state index contributed by atoms with van der Waals surface area (Å²) in [7, 11) is 0. The van der Waals surface area contributed by atoms with Gasteiger partial charge in [0.1, 0.15) is 0 Å². The molecule has 3 amide bonds. The molecule has 2 fully saturated rings. The number of hydrogen-bond donors (Lipinski definition) is 1. The summed E-state index contributed by atoms with van der Waals surface area (Å²) in [6.45, 7) is 0.914. The maximum Gasteiger partial charge on any atom is 0.338 e. The Bertz CT molecular complexity index is 1430. The van der Waals surface area contributed by atoms with Crippen molar-refractivity contribution >= 4 is 40.8 Å². The highest BCUT2D eigenvalue weighted by molar-refractivity contribution is 6.22. The maximum absolute atomic E-state index is 13.3. The number of hydrogen-bond acceptors (Lipinski definition) is 6. The third-order valence-electron chi connectivity index (χ3n) is 7.44. The number of benzene rings is 3. The van der Waals surface area contributed by atoms with E-state index in [1.807, 2.05) is 18.2 Å². The third-order valence-corrected chi connectivity index (χ3v) is 7.44. The number of carbonyl (C=O) groups excluding carboxylic acids is 5. The normalized spacial score (nSPS) is 20.3. The van der Waals surface area contributed by atoms with Crippen molar-refractivity contribution in [1.82, 2.24) is 0 Å². The molecule has 1 aliphatic carbocycles. The Labute approximate surface area is 226 Å². The minimum Gasteiger partial charge on any atom is -0.452 e. The van der Waals surface area contributed by atoms with E-state index in [-0.39, 0.29) is 40.9 Å². The second-order valence-corrected chi connectivity index (χ2v) is 9.95. The van der Waals surface area contributed by atoms with Crippen molar-refractivity contribution in [1.29, 1.82) is 0 Å². The third kappa shape index (κ3) is 5.50. The van der Waals surface area contributed by atoms with Crippen molar-refractivity contribution in [2.24, 2.45) is 11.8 Å². The first-order valence-corrected chi connectivity index (χ1v) is 12.9. The van der Waals surface area contributed by atoms with Gasteiger partial charge in [0.2, 0.25) is 11.8 Å². The standard InChI is InChI=1S/C31H28N2O6/c1-19(34)22-8-5-9-24(16-22)32-28(35)18-39-31(38)21-10-13-25(14-11-21)33-29(36)26-15-12-23(17-27(26)30(33)37)20-6-3-2-4-7-20/h2-11,13-14,16,23,26-27H,12,15,17-18H2,1H3,(H,32,35)/t23-,26+,27+/m0/s1. The van der Waals surface area contributed by atoms with Gasteiger partial charge in [0, 0.05) is 11.3 Å². The maximum atomic E-state index is 13.3. The largest absolute Gasteiger partial charge is 0.452 e. The fraction of sp³-hybridized carbons (Fsp3) is 0.258. The lowest BCUT2D eigenvalue weighted by Crippen LogP contribution is -2.30. The summed E-state index contributed by atoms with van der Waals surface area (Å²) in [6.07, 6.45) is 2.16. The number of rotatable bonds is 7. The van der Waals surface area contributed by atoms with Gasteiger partial charge < -0.3 is 10.1 Å². The number of imide groups is 1. The van der Waals surface area contributed by atoms with Gasteiger partial charge >= 0.3 is 5.97 Å². The number of ketones is 1. The van der Waals surface area contributed by atoms with Gasteiger partial charge in [-0.1, -0.05) is 42.5 Å². The Morgan fingerprint density at radius 3 is 2.28 bits per heavy atom. The molecule has 0 aromatic heterocycles. The summed E-state index contributed by atoms with van der Waals surface area (Å²) in [5, 5.41) is 2.59. The van der Waals surface area contributed by atoms with Crippen molar-refractivity contribution in [3.8, 4) is 0 Å². The predicted octanol–water partition coefficient (Wildman–Crippen LogP) is 4.76. The molecule has 2 aliphatic rings. The molecule has 0 spiro atoms. The molecule has 198 valence electrons. The topological polar surface area (TPSA) is 110 Å². The fourth-order valence-electron chi connectivity index (χ4n) is 5.44. The number of anilines is 2. The molecule has 5 rings (SSSR count). The van der Waals surface area contributed by atoms with Crippen LogP contribution in [0.15, 0.2) is 78.9 Å². The van der Waals surface area contributed by atoms with Gasteiger partial charge in [-0.15, -0.1) is 0 Å². The highest BCUT2D eigenvalue weighted by Gasteiger charge is 2.50. The SMILES string of the molecule is CC(=O)c1cccc(NC(=O)COC(=O)c2ccc(N3C(=O)[C@@H]4CC[C@H](c5ccccc5)C[C@H]4C3=O)cc2)c1. The molecule has 1 saturated heterocycles. The second-order valence-electron chi connectivity index (χ2n) is 9.95. The molecular formula is C31H28N2O6. The first-order valence-electron chi connectivity index (χ1n) is 12.9. The van der Waals surface area contributed by atoms with Crippen LogP contribution in [0.2, 0.25) is 0 Å². The summed E-state index contributed by atoms with van der Waals surface area (Å²) in [4.78, 5) is 63.9. The van der Waals surface area contributed by atoms with Crippen LogP contribution in [0.3, 0.4) is 0 Å². The van der Waals surface area contributed by atoms with E-state index in [0.717, 1.165) is 6.42 Å². The van der Waals surface area contributed by atoms with Crippen molar-refractivity contribution in [3.63, 3.8) is 0 Å². The van der Waals surface area contributed by atoms with Gasteiger partial charge in [0.15, 0.2) is 12.4 Å². The lowest BCUT2D eigenvalue weighted by atomic mass is 9.73. The highest BCUT2D eigenvalue weighted by atomic mass is 16.5. The Kier molecular flexibility index (Phi) is 7.36. The first kappa shape index (κ1) is 26.0. The van der Waals surface area contributed by atoms with Gasteiger partial charge in [0.25, 0.3) is 5.91 Å². The number of ether oxygens (including phenoxy) is 1. The molecule has 1 N–H and O–H groups in total. The van der Waals surface area contributed by atoms with E-state index >= 15 is 0 Å². The number of nitrogens with one attached hydrogen (secondary N) is 1. The molecule has 3 atom stereocenters. The minimum absolute atomic E-state index is 0.131. The van der Waals surface area contributed by atoms with Crippen LogP contribution in [0.25, 0.3) is 0 Å². The molecule has 0 unspecified atom stereocenters. The van der Waals surface area contributed by atoms with E-state index in [9.17, 15) is 24.0 Å². The first-order chi connectivity index (χ1) is 18.8. The van der Waals surface area contributed by atoms with Crippen LogP contribution >= 0.6 is 0 Å². The molecular weight excluding hydrogens is 496 g/mol. The van der Waals surface area contributed by atoms with E-state index in [0.29, 0.717) is 29.8 Å². The van der Waals surface area contributed by atoms with Crippen molar-refractivity contribution in [3.05, 3.63) is 95.6 Å². The number of Topliss-reactive ketones (excluding diaryl/α,β-unsaturated/α-hetero) is 1. The quantitative estimate of drug-likeness (QED) is 0.271. The molecule has 1 saturated carbocycles. The van der Waals surface area contributed by atoms with Gasteiger partial charge in [-0.3, -0.25) is 24.1 Å². The van der Waals surface area contributed by atoms with Crippen molar-refractivity contribution in [2.75, 3.05) is 16.8 Å². The van der Waals surface area contributed by atoms with Crippen LogP contribution in [-0.4, -0.2) is 36.1 Å². The summed E-state index contributed by atoms with van der Waals surface area (Å²) >= 11 is 0. The van der Waals surface area contributed by atoms with E-state index < -0.39 is 18.5 Å². The van der Waals surface area contributed by atoms with E-state index in [1.165, 1.54) is 29.5 Å². The zero-order valence-electron chi connectivity index (χ0n) is 21.5. The van der Waals surface area contributed by atoms with E-state index in [1.54, 1.807) is 36.4 Å².